The molecule has 0 amide bonds. The highest BCUT2D eigenvalue weighted by Gasteiger charge is 2.31. The Kier molecular flexibility index (Phi) is 3.03. The van der Waals surface area contributed by atoms with Gasteiger partial charge < -0.3 is 11.1 Å². The first-order valence-electron chi connectivity index (χ1n) is 5.42. The van der Waals surface area contributed by atoms with Crippen LogP contribution in [0.25, 0.3) is 0 Å². The molecule has 0 aromatic heterocycles. The maximum Gasteiger partial charge on any atom is 0.123 e. The average molecular weight is 208 g/mol. The maximum atomic E-state index is 12.9. The van der Waals surface area contributed by atoms with Gasteiger partial charge in [-0.05, 0) is 37.0 Å². The predicted octanol–water partition coefficient (Wildman–Crippen LogP) is 1.80. The van der Waals surface area contributed by atoms with E-state index < -0.39 is 0 Å². The smallest absolute Gasteiger partial charge is 0.123 e. The quantitative estimate of drug-likeness (QED) is 0.791. The first-order chi connectivity index (χ1) is 7.18. The van der Waals surface area contributed by atoms with Gasteiger partial charge in [-0.2, -0.15) is 0 Å². The lowest BCUT2D eigenvalue weighted by Crippen LogP contribution is -2.53. The Hall–Kier alpha value is -0.930. The van der Waals surface area contributed by atoms with Gasteiger partial charge >= 0.3 is 0 Å². The number of hydrogen-bond acceptors (Lipinski definition) is 2. The lowest BCUT2D eigenvalue weighted by molar-refractivity contribution is 0.239. The summed E-state index contributed by atoms with van der Waals surface area (Å²) in [6, 6.07) is 6.66. The van der Waals surface area contributed by atoms with Gasteiger partial charge in [0, 0.05) is 18.6 Å². The Morgan fingerprint density at radius 1 is 1.40 bits per heavy atom. The van der Waals surface area contributed by atoms with E-state index in [9.17, 15) is 4.39 Å². The van der Waals surface area contributed by atoms with Gasteiger partial charge in [-0.15, -0.1) is 0 Å². The highest BCUT2D eigenvalue weighted by atomic mass is 19.1. The van der Waals surface area contributed by atoms with Crippen LogP contribution >= 0.6 is 0 Å². The molecule has 1 aliphatic rings. The third kappa shape index (κ3) is 2.76. The first kappa shape index (κ1) is 10.6. The number of benzene rings is 1. The zero-order chi connectivity index (χ0) is 10.7. The molecule has 1 fully saturated rings. The van der Waals surface area contributed by atoms with Crippen molar-refractivity contribution in [3.05, 3.63) is 35.6 Å². The summed E-state index contributed by atoms with van der Waals surface area (Å²) in [5.74, 6) is -0.180. The van der Waals surface area contributed by atoms with Gasteiger partial charge in [0.2, 0.25) is 0 Å². The highest BCUT2D eigenvalue weighted by molar-refractivity contribution is 5.16. The number of hydrogen-bond donors (Lipinski definition) is 2. The van der Waals surface area contributed by atoms with E-state index in [4.69, 9.17) is 5.73 Å². The molecule has 0 heterocycles. The second-order valence-corrected chi connectivity index (χ2v) is 4.45. The molecule has 2 nitrogen and oxygen atoms in total. The third-order valence-electron chi connectivity index (χ3n) is 3.04. The summed E-state index contributed by atoms with van der Waals surface area (Å²) in [5, 5.41) is 3.28. The van der Waals surface area contributed by atoms with Crippen molar-refractivity contribution >= 4 is 0 Å². The SMILES string of the molecule is NC1(CNCc2cccc(F)c2)CCC1. The lowest BCUT2D eigenvalue weighted by atomic mass is 9.78. The fourth-order valence-electron chi connectivity index (χ4n) is 1.91. The molecule has 0 bridgehead atoms. The highest BCUT2D eigenvalue weighted by Crippen LogP contribution is 2.28. The van der Waals surface area contributed by atoms with Crippen LogP contribution in [0.1, 0.15) is 24.8 Å². The molecule has 15 heavy (non-hydrogen) atoms. The zero-order valence-electron chi connectivity index (χ0n) is 8.80. The molecular formula is C12H17FN2. The maximum absolute atomic E-state index is 12.9. The molecule has 82 valence electrons. The molecule has 2 rings (SSSR count). The largest absolute Gasteiger partial charge is 0.324 e. The first-order valence-corrected chi connectivity index (χ1v) is 5.42. The van der Waals surface area contributed by atoms with E-state index in [0.29, 0.717) is 6.54 Å². The minimum atomic E-state index is -0.180. The van der Waals surface area contributed by atoms with Crippen molar-refractivity contribution < 1.29 is 4.39 Å². The van der Waals surface area contributed by atoms with Crippen molar-refractivity contribution in [3.63, 3.8) is 0 Å². The topological polar surface area (TPSA) is 38.0 Å². The van der Waals surface area contributed by atoms with E-state index in [-0.39, 0.29) is 11.4 Å². The summed E-state index contributed by atoms with van der Waals surface area (Å²) in [6.07, 6.45) is 3.43. The van der Waals surface area contributed by atoms with Crippen LogP contribution in [-0.2, 0) is 6.54 Å². The van der Waals surface area contributed by atoms with Crippen LogP contribution in [0, 0.1) is 5.82 Å². The summed E-state index contributed by atoms with van der Waals surface area (Å²) in [4.78, 5) is 0. The molecule has 0 saturated heterocycles. The molecule has 3 heteroatoms. The molecule has 0 spiro atoms. The molecule has 1 aromatic carbocycles. The number of rotatable bonds is 4. The van der Waals surface area contributed by atoms with E-state index in [1.54, 1.807) is 12.1 Å². The molecule has 0 unspecified atom stereocenters. The van der Waals surface area contributed by atoms with Gasteiger partial charge in [-0.3, -0.25) is 0 Å². The Bertz CT molecular complexity index is 334. The van der Waals surface area contributed by atoms with E-state index >= 15 is 0 Å². The summed E-state index contributed by atoms with van der Waals surface area (Å²) in [7, 11) is 0. The summed E-state index contributed by atoms with van der Waals surface area (Å²) in [6.45, 7) is 1.51. The van der Waals surface area contributed by atoms with E-state index in [1.807, 2.05) is 6.07 Å². The van der Waals surface area contributed by atoms with Crippen LogP contribution in [0.15, 0.2) is 24.3 Å². The summed E-state index contributed by atoms with van der Waals surface area (Å²) in [5.41, 5.74) is 7.02. The Morgan fingerprint density at radius 3 is 2.80 bits per heavy atom. The zero-order valence-corrected chi connectivity index (χ0v) is 8.80. The molecule has 3 N–H and O–H groups in total. The Labute approximate surface area is 89.7 Å². The van der Waals surface area contributed by atoms with Crippen molar-refractivity contribution in [2.24, 2.45) is 5.73 Å². The van der Waals surface area contributed by atoms with Crippen LogP contribution in [0.2, 0.25) is 0 Å². The van der Waals surface area contributed by atoms with Gasteiger partial charge in [-0.25, -0.2) is 4.39 Å². The summed E-state index contributed by atoms with van der Waals surface area (Å²) >= 11 is 0. The predicted molar refractivity (Wildman–Crippen MR) is 58.9 cm³/mol. The Balaban J connectivity index is 1.78. The van der Waals surface area contributed by atoms with Gasteiger partial charge in [-0.1, -0.05) is 12.1 Å². The van der Waals surface area contributed by atoms with Crippen LogP contribution < -0.4 is 11.1 Å². The Morgan fingerprint density at radius 2 is 2.20 bits per heavy atom. The fourth-order valence-corrected chi connectivity index (χ4v) is 1.91. The summed E-state index contributed by atoms with van der Waals surface area (Å²) < 4.78 is 12.9. The monoisotopic (exact) mass is 208 g/mol. The van der Waals surface area contributed by atoms with Gasteiger partial charge in [0.15, 0.2) is 0 Å². The fraction of sp³-hybridized carbons (Fsp3) is 0.500. The van der Waals surface area contributed by atoms with Crippen molar-refractivity contribution in [2.75, 3.05) is 6.54 Å². The minimum Gasteiger partial charge on any atom is -0.324 e. The molecule has 1 aliphatic carbocycles. The van der Waals surface area contributed by atoms with Gasteiger partial charge in [0.05, 0.1) is 0 Å². The second-order valence-electron chi connectivity index (χ2n) is 4.45. The second kappa shape index (κ2) is 4.29. The van der Waals surface area contributed by atoms with E-state index in [0.717, 1.165) is 24.9 Å². The molecule has 1 saturated carbocycles. The van der Waals surface area contributed by atoms with Gasteiger partial charge in [0.1, 0.15) is 5.82 Å². The number of nitrogens with two attached hydrogens (primary N) is 1. The standard InChI is InChI=1S/C12H17FN2/c13-11-4-1-3-10(7-11)8-15-9-12(14)5-2-6-12/h1,3-4,7,15H,2,5-6,8-9,14H2. The number of nitrogens with one attached hydrogen (secondary N) is 1. The van der Waals surface area contributed by atoms with Crippen LogP contribution in [0.3, 0.4) is 0 Å². The van der Waals surface area contributed by atoms with E-state index in [2.05, 4.69) is 5.32 Å². The van der Waals surface area contributed by atoms with Crippen LogP contribution in [0.5, 0.6) is 0 Å². The molecule has 0 radical (unpaired) electrons. The van der Waals surface area contributed by atoms with Crippen LogP contribution in [0.4, 0.5) is 4.39 Å². The molecular weight excluding hydrogens is 191 g/mol. The number of halogens is 1. The molecule has 0 atom stereocenters. The third-order valence-corrected chi connectivity index (χ3v) is 3.04. The van der Waals surface area contributed by atoms with Gasteiger partial charge in [0.25, 0.3) is 0 Å². The minimum absolute atomic E-state index is 0.00662. The van der Waals surface area contributed by atoms with Crippen molar-refractivity contribution in [1.29, 1.82) is 0 Å². The normalized spacial score (nSPS) is 18.5. The average Bonchev–Trinajstić information content (AvgIpc) is 2.15. The molecule has 1 aromatic rings. The lowest BCUT2D eigenvalue weighted by Gasteiger charge is -2.38. The van der Waals surface area contributed by atoms with Crippen molar-refractivity contribution in [1.82, 2.24) is 5.32 Å². The van der Waals surface area contributed by atoms with Crippen molar-refractivity contribution in [2.45, 2.75) is 31.3 Å². The van der Waals surface area contributed by atoms with Crippen molar-refractivity contribution in [3.8, 4) is 0 Å². The molecule has 0 aliphatic heterocycles. The van der Waals surface area contributed by atoms with E-state index in [1.165, 1.54) is 12.5 Å². The van der Waals surface area contributed by atoms with Crippen LogP contribution in [-0.4, -0.2) is 12.1 Å².